The number of rotatable bonds is 4. The van der Waals surface area contributed by atoms with E-state index < -0.39 is 15.0 Å². The summed E-state index contributed by atoms with van der Waals surface area (Å²) in [5.74, 6) is -0.150. The smallest absolute Gasteiger partial charge is 0.262 e. The quantitative estimate of drug-likeness (QED) is 0.779. The van der Waals surface area contributed by atoms with Gasteiger partial charge in [0.2, 0.25) is 0 Å². The van der Waals surface area contributed by atoms with E-state index in [-0.39, 0.29) is 31.9 Å². The van der Waals surface area contributed by atoms with Crippen LogP contribution in [0, 0.1) is 5.92 Å². The molecule has 112 valence electrons. The Balaban J connectivity index is 3.21. The van der Waals surface area contributed by atoms with Gasteiger partial charge in [-0.05, 0) is 40.9 Å². The van der Waals surface area contributed by atoms with Crippen molar-refractivity contribution in [3.63, 3.8) is 0 Å². The second-order valence-electron chi connectivity index (χ2n) is 4.71. The molecule has 0 aliphatic heterocycles. The Morgan fingerprint density at radius 3 is 2.30 bits per heavy atom. The molecule has 4 nitrogen and oxygen atoms in total. The largest absolute Gasteiger partial charge is 0.349 e. The van der Waals surface area contributed by atoms with Crippen LogP contribution in [0.1, 0.15) is 31.1 Å². The molecule has 1 N–H and O–H groups in total. The van der Waals surface area contributed by atoms with Crippen molar-refractivity contribution in [3.05, 3.63) is 27.2 Å². The molecule has 1 aromatic rings. The van der Waals surface area contributed by atoms with Crippen molar-refractivity contribution in [2.75, 3.05) is 0 Å². The molecule has 0 aromatic heterocycles. The summed E-state index contributed by atoms with van der Waals surface area (Å²) >= 11 is 8.96. The summed E-state index contributed by atoms with van der Waals surface area (Å²) in [6.45, 7) is 5.80. The SMILES string of the molecule is CC(C)C(C)NC(=O)c1cc(Cl)c(Br)c(S(=O)(=O)Cl)c1. The van der Waals surface area contributed by atoms with E-state index in [0.29, 0.717) is 0 Å². The fraction of sp³-hybridized carbons (Fsp3) is 0.417. The zero-order chi connectivity index (χ0) is 15.7. The van der Waals surface area contributed by atoms with E-state index in [9.17, 15) is 13.2 Å². The molecule has 1 aromatic carbocycles. The zero-order valence-electron chi connectivity index (χ0n) is 11.1. The van der Waals surface area contributed by atoms with E-state index in [4.69, 9.17) is 22.3 Å². The minimum atomic E-state index is -4.00. The molecule has 0 bridgehead atoms. The molecule has 1 atom stereocenters. The Hall–Kier alpha value is -0.300. The Morgan fingerprint density at radius 2 is 1.85 bits per heavy atom. The molecule has 0 saturated carbocycles. The monoisotopic (exact) mass is 401 g/mol. The van der Waals surface area contributed by atoms with Crippen LogP contribution in [0.25, 0.3) is 0 Å². The van der Waals surface area contributed by atoms with E-state index in [0.717, 1.165) is 0 Å². The van der Waals surface area contributed by atoms with Crippen LogP contribution in [0.3, 0.4) is 0 Å². The lowest BCUT2D eigenvalue weighted by Gasteiger charge is -2.18. The minimum Gasteiger partial charge on any atom is -0.349 e. The average molecular weight is 403 g/mol. The number of carbonyl (C=O) groups is 1. The molecule has 20 heavy (non-hydrogen) atoms. The van der Waals surface area contributed by atoms with Gasteiger partial charge in [0.05, 0.1) is 14.4 Å². The fourth-order valence-corrected chi connectivity index (χ4v) is 3.71. The number of amides is 1. The molecule has 0 heterocycles. The highest BCUT2D eigenvalue weighted by Gasteiger charge is 2.21. The van der Waals surface area contributed by atoms with Gasteiger partial charge in [-0.15, -0.1) is 0 Å². The normalized spacial score (nSPS) is 13.3. The standard InChI is InChI=1S/C12H14BrCl2NO3S/c1-6(2)7(3)16-12(17)8-4-9(14)11(13)10(5-8)20(15,18)19/h4-7H,1-3H3,(H,16,17). The highest BCUT2D eigenvalue weighted by molar-refractivity contribution is 9.10. The number of halogens is 3. The lowest BCUT2D eigenvalue weighted by Crippen LogP contribution is -2.36. The second kappa shape index (κ2) is 6.64. The van der Waals surface area contributed by atoms with Gasteiger partial charge in [0.1, 0.15) is 0 Å². The summed E-state index contributed by atoms with van der Waals surface area (Å²) in [4.78, 5) is 11.9. The molecule has 0 aliphatic carbocycles. The van der Waals surface area contributed by atoms with Gasteiger partial charge in [0.15, 0.2) is 0 Å². The lowest BCUT2D eigenvalue weighted by molar-refractivity contribution is 0.0930. The van der Waals surface area contributed by atoms with Crippen molar-refractivity contribution in [3.8, 4) is 0 Å². The van der Waals surface area contributed by atoms with E-state index in [1.807, 2.05) is 20.8 Å². The average Bonchev–Trinajstić information content (AvgIpc) is 2.30. The van der Waals surface area contributed by atoms with Gasteiger partial charge in [-0.3, -0.25) is 4.79 Å². The van der Waals surface area contributed by atoms with Crippen LogP contribution in [0.5, 0.6) is 0 Å². The van der Waals surface area contributed by atoms with Crippen LogP contribution in [-0.4, -0.2) is 20.4 Å². The number of carbonyl (C=O) groups excluding carboxylic acids is 1. The summed E-state index contributed by atoms with van der Waals surface area (Å²) in [7, 11) is 1.32. The maximum absolute atomic E-state index is 12.1. The molecule has 1 amide bonds. The molecule has 0 saturated heterocycles. The molecule has 0 fully saturated rings. The first-order valence-electron chi connectivity index (χ1n) is 5.78. The molecule has 1 rings (SSSR count). The first-order chi connectivity index (χ1) is 9.04. The topological polar surface area (TPSA) is 63.2 Å². The summed E-state index contributed by atoms with van der Waals surface area (Å²) in [5.41, 5.74) is 0.143. The number of hydrogen-bond donors (Lipinski definition) is 1. The van der Waals surface area contributed by atoms with E-state index >= 15 is 0 Å². The van der Waals surface area contributed by atoms with Gasteiger partial charge >= 0.3 is 0 Å². The molecule has 0 radical (unpaired) electrons. The van der Waals surface area contributed by atoms with Crippen molar-refractivity contribution >= 4 is 53.2 Å². The first-order valence-corrected chi connectivity index (χ1v) is 9.26. The number of hydrogen-bond acceptors (Lipinski definition) is 3. The van der Waals surface area contributed by atoms with Crippen LogP contribution in [0.4, 0.5) is 0 Å². The third kappa shape index (κ3) is 4.35. The van der Waals surface area contributed by atoms with Crippen LogP contribution < -0.4 is 5.32 Å². The summed E-state index contributed by atoms with van der Waals surface area (Å²) < 4.78 is 23.1. The Morgan fingerprint density at radius 1 is 1.30 bits per heavy atom. The van der Waals surface area contributed by atoms with E-state index in [1.165, 1.54) is 12.1 Å². The molecular formula is C12H14BrCl2NO3S. The Labute approximate surface area is 136 Å². The maximum Gasteiger partial charge on any atom is 0.262 e. The van der Waals surface area contributed by atoms with Gasteiger partial charge in [0.25, 0.3) is 15.0 Å². The lowest BCUT2D eigenvalue weighted by atomic mass is 10.1. The van der Waals surface area contributed by atoms with Gasteiger partial charge in [-0.2, -0.15) is 0 Å². The van der Waals surface area contributed by atoms with Crippen molar-refractivity contribution < 1.29 is 13.2 Å². The van der Waals surface area contributed by atoms with Crippen molar-refractivity contribution in [2.45, 2.75) is 31.7 Å². The number of benzene rings is 1. The molecular weight excluding hydrogens is 389 g/mol. The first kappa shape index (κ1) is 17.8. The van der Waals surface area contributed by atoms with Crippen LogP contribution in [0.15, 0.2) is 21.5 Å². The van der Waals surface area contributed by atoms with Crippen molar-refractivity contribution in [1.29, 1.82) is 0 Å². The Bertz CT molecular complexity index is 632. The molecule has 1 unspecified atom stereocenters. The van der Waals surface area contributed by atoms with Crippen molar-refractivity contribution in [2.24, 2.45) is 5.92 Å². The maximum atomic E-state index is 12.1. The van der Waals surface area contributed by atoms with Gasteiger partial charge in [-0.1, -0.05) is 25.4 Å². The van der Waals surface area contributed by atoms with Crippen LogP contribution >= 0.6 is 38.2 Å². The van der Waals surface area contributed by atoms with Crippen LogP contribution in [0.2, 0.25) is 5.02 Å². The zero-order valence-corrected chi connectivity index (χ0v) is 15.0. The minimum absolute atomic E-state index is 0.0546. The van der Waals surface area contributed by atoms with Crippen LogP contribution in [-0.2, 0) is 9.05 Å². The summed E-state index contributed by atoms with van der Waals surface area (Å²) in [5, 5.41) is 2.88. The van der Waals surface area contributed by atoms with Gasteiger partial charge in [-0.25, -0.2) is 8.42 Å². The summed E-state index contributed by atoms with van der Waals surface area (Å²) in [6, 6.07) is 2.53. The third-order valence-electron chi connectivity index (χ3n) is 2.88. The number of nitrogens with one attached hydrogen (secondary N) is 1. The molecule has 8 heteroatoms. The highest BCUT2D eigenvalue weighted by atomic mass is 79.9. The predicted molar refractivity (Wildman–Crippen MR) is 84.0 cm³/mol. The summed E-state index contributed by atoms with van der Waals surface area (Å²) in [6.07, 6.45) is 0. The van der Waals surface area contributed by atoms with E-state index in [2.05, 4.69) is 21.2 Å². The Kier molecular flexibility index (Phi) is 5.89. The third-order valence-corrected chi connectivity index (χ3v) is 5.87. The second-order valence-corrected chi connectivity index (χ2v) is 8.45. The van der Waals surface area contributed by atoms with Gasteiger partial charge < -0.3 is 5.32 Å². The predicted octanol–water partition coefficient (Wildman–Crippen LogP) is 3.80. The van der Waals surface area contributed by atoms with Gasteiger partial charge in [0, 0.05) is 22.3 Å². The molecule has 0 aliphatic rings. The van der Waals surface area contributed by atoms with E-state index in [1.54, 1.807) is 0 Å². The molecule has 0 spiro atoms. The van der Waals surface area contributed by atoms with Crippen molar-refractivity contribution in [1.82, 2.24) is 5.32 Å². The fourth-order valence-electron chi connectivity index (χ4n) is 1.33. The highest BCUT2D eigenvalue weighted by Crippen LogP contribution is 2.33.